The topological polar surface area (TPSA) is 76.8 Å². The van der Waals surface area contributed by atoms with Crippen LogP contribution in [0, 0.1) is 13.8 Å². The van der Waals surface area contributed by atoms with E-state index in [-0.39, 0.29) is 5.92 Å². The van der Waals surface area contributed by atoms with Crippen molar-refractivity contribution in [2.45, 2.75) is 39.7 Å². The van der Waals surface area contributed by atoms with Crippen LogP contribution in [-0.2, 0) is 13.0 Å². The molecular formula is C23H24N4O2. The molecule has 1 atom stereocenters. The molecule has 1 N–H and O–H groups in total. The Morgan fingerprint density at radius 1 is 1.03 bits per heavy atom. The Kier molecular flexibility index (Phi) is 5.42. The first-order valence-corrected chi connectivity index (χ1v) is 9.71. The van der Waals surface area contributed by atoms with Crippen LogP contribution in [0.4, 0.5) is 0 Å². The van der Waals surface area contributed by atoms with Crippen LogP contribution in [0.15, 0.2) is 59.1 Å². The van der Waals surface area contributed by atoms with Gasteiger partial charge in [0.05, 0.1) is 5.69 Å². The smallest absolute Gasteiger partial charge is 0.227 e. The van der Waals surface area contributed by atoms with E-state index >= 15 is 0 Å². The molecule has 0 amide bonds. The maximum absolute atomic E-state index is 5.83. The van der Waals surface area contributed by atoms with Crippen molar-refractivity contribution in [3.8, 4) is 17.1 Å². The summed E-state index contributed by atoms with van der Waals surface area (Å²) in [4.78, 5) is 4.56. The molecule has 0 aliphatic heterocycles. The van der Waals surface area contributed by atoms with Crippen molar-refractivity contribution in [2.75, 3.05) is 0 Å². The number of hydrogen-bond donors (Lipinski definition) is 1. The maximum Gasteiger partial charge on any atom is 0.227 e. The van der Waals surface area contributed by atoms with E-state index in [1.54, 1.807) is 0 Å². The van der Waals surface area contributed by atoms with E-state index in [1.165, 1.54) is 5.56 Å². The van der Waals surface area contributed by atoms with Crippen LogP contribution in [-0.4, -0.2) is 20.3 Å². The van der Waals surface area contributed by atoms with Gasteiger partial charge in [-0.05, 0) is 55.2 Å². The largest absolute Gasteiger partial charge is 0.489 e. The zero-order valence-electron chi connectivity index (χ0n) is 16.8. The molecule has 6 nitrogen and oxygen atoms in total. The molecule has 2 aromatic heterocycles. The number of hydrogen-bond acceptors (Lipinski definition) is 5. The van der Waals surface area contributed by atoms with Crippen LogP contribution in [0.25, 0.3) is 11.4 Å². The fourth-order valence-corrected chi connectivity index (χ4v) is 3.55. The summed E-state index contributed by atoms with van der Waals surface area (Å²) < 4.78 is 11.3. The van der Waals surface area contributed by atoms with Gasteiger partial charge in [-0.2, -0.15) is 10.1 Å². The first kappa shape index (κ1) is 18.9. The Bertz CT molecular complexity index is 1050. The fourth-order valence-electron chi connectivity index (χ4n) is 3.55. The van der Waals surface area contributed by atoms with E-state index in [9.17, 15) is 0 Å². The molecule has 0 spiro atoms. The fraction of sp³-hybridized carbons (Fsp3) is 0.261. The third kappa shape index (κ3) is 4.37. The summed E-state index contributed by atoms with van der Waals surface area (Å²) in [5, 5.41) is 11.4. The number of aryl methyl sites for hydroxylation is 2. The van der Waals surface area contributed by atoms with Crippen molar-refractivity contribution in [2.24, 2.45) is 0 Å². The van der Waals surface area contributed by atoms with Gasteiger partial charge >= 0.3 is 0 Å². The minimum absolute atomic E-state index is 0.246. The van der Waals surface area contributed by atoms with Crippen LogP contribution in [0.1, 0.15) is 41.2 Å². The van der Waals surface area contributed by atoms with E-state index in [4.69, 9.17) is 9.26 Å². The quantitative estimate of drug-likeness (QED) is 0.482. The summed E-state index contributed by atoms with van der Waals surface area (Å²) in [5.41, 5.74) is 5.35. The van der Waals surface area contributed by atoms with Crippen LogP contribution < -0.4 is 4.74 Å². The molecule has 29 heavy (non-hydrogen) atoms. The summed E-state index contributed by atoms with van der Waals surface area (Å²) in [6, 6.07) is 17.8. The van der Waals surface area contributed by atoms with Crippen molar-refractivity contribution < 1.29 is 9.26 Å². The number of aromatic amines is 1. The highest BCUT2D eigenvalue weighted by atomic mass is 16.5. The highest BCUT2D eigenvalue weighted by Crippen LogP contribution is 2.26. The van der Waals surface area contributed by atoms with Gasteiger partial charge in [-0.15, -0.1) is 0 Å². The standard InChI is InChI=1S/C23H24N4O2/c1-15(22-16(2)25-26-17(22)3)13-21-24-23(27-29-21)19-9-11-20(12-10-19)28-14-18-7-5-4-6-8-18/h4-12,15H,13-14H2,1-3H3,(H,25,26)/t15-/m1/s1. The van der Waals surface area contributed by atoms with Gasteiger partial charge in [-0.3, -0.25) is 5.10 Å². The lowest BCUT2D eigenvalue weighted by molar-refractivity contribution is 0.306. The SMILES string of the molecule is Cc1n[nH]c(C)c1[C@H](C)Cc1nc(-c2ccc(OCc3ccccc3)cc2)no1. The molecule has 0 radical (unpaired) electrons. The molecule has 0 saturated carbocycles. The Balaban J connectivity index is 1.40. The summed E-state index contributed by atoms with van der Waals surface area (Å²) >= 11 is 0. The number of benzene rings is 2. The molecule has 4 aromatic rings. The second-order valence-electron chi connectivity index (χ2n) is 7.26. The van der Waals surface area contributed by atoms with E-state index in [0.29, 0.717) is 24.7 Å². The van der Waals surface area contributed by atoms with Crippen molar-refractivity contribution >= 4 is 0 Å². The number of ether oxygens (including phenoxy) is 1. The number of H-pyrrole nitrogens is 1. The van der Waals surface area contributed by atoms with Gasteiger partial charge in [0, 0.05) is 17.7 Å². The zero-order chi connectivity index (χ0) is 20.2. The third-order valence-electron chi connectivity index (χ3n) is 4.99. The number of nitrogens with zero attached hydrogens (tertiary/aromatic N) is 3. The molecule has 0 bridgehead atoms. The van der Waals surface area contributed by atoms with Gasteiger partial charge in [-0.25, -0.2) is 0 Å². The molecular weight excluding hydrogens is 364 g/mol. The Hall–Kier alpha value is -3.41. The minimum atomic E-state index is 0.246. The average Bonchev–Trinajstić information content (AvgIpc) is 3.33. The normalized spacial score (nSPS) is 12.1. The molecule has 0 fully saturated rings. The van der Waals surface area contributed by atoms with Crippen molar-refractivity contribution in [3.63, 3.8) is 0 Å². The second-order valence-corrected chi connectivity index (χ2v) is 7.26. The van der Waals surface area contributed by atoms with Gasteiger partial charge in [-0.1, -0.05) is 42.4 Å². The molecule has 4 rings (SSSR count). The zero-order valence-corrected chi connectivity index (χ0v) is 16.8. The van der Waals surface area contributed by atoms with Gasteiger partial charge in [0.1, 0.15) is 12.4 Å². The Morgan fingerprint density at radius 3 is 2.48 bits per heavy atom. The van der Waals surface area contributed by atoms with Gasteiger partial charge in [0.2, 0.25) is 11.7 Å². The molecule has 0 aliphatic carbocycles. The number of rotatable bonds is 7. The highest BCUT2D eigenvalue weighted by Gasteiger charge is 2.18. The van der Waals surface area contributed by atoms with E-state index in [1.807, 2.05) is 68.4 Å². The third-order valence-corrected chi connectivity index (χ3v) is 4.99. The second kappa shape index (κ2) is 8.31. The minimum Gasteiger partial charge on any atom is -0.489 e. The highest BCUT2D eigenvalue weighted by molar-refractivity contribution is 5.55. The number of nitrogens with one attached hydrogen (secondary N) is 1. The van der Waals surface area contributed by atoms with E-state index < -0.39 is 0 Å². The summed E-state index contributed by atoms with van der Waals surface area (Å²) in [7, 11) is 0. The van der Waals surface area contributed by atoms with Crippen LogP contribution >= 0.6 is 0 Å². The summed E-state index contributed by atoms with van der Waals surface area (Å²) in [5.74, 6) is 2.26. The lowest BCUT2D eigenvalue weighted by atomic mass is 9.96. The molecule has 0 saturated heterocycles. The van der Waals surface area contributed by atoms with Crippen molar-refractivity contribution in [3.05, 3.63) is 83.0 Å². The van der Waals surface area contributed by atoms with Gasteiger partial charge in [0.15, 0.2) is 0 Å². The lowest BCUT2D eigenvalue weighted by Gasteiger charge is -2.08. The first-order valence-electron chi connectivity index (χ1n) is 9.71. The van der Waals surface area contributed by atoms with Crippen molar-refractivity contribution in [1.82, 2.24) is 20.3 Å². The summed E-state index contributed by atoms with van der Waals surface area (Å²) in [6.07, 6.45) is 0.673. The predicted octanol–water partition coefficient (Wildman–Crippen LogP) is 5.00. The molecule has 148 valence electrons. The molecule has 6 heteroatoms. The van der Waals surface area contributed by atoms with Crippen LogP contribution in [0.3, 0.4) is 0 Å². The van der Waals surface area contributed by atoms with Crippen LogP contribution in [0.5, 0.6) is 5.75 Å². The lowest BCUT2D eigenvalue weighted by Crippen LogP contribution is -2.01. The first-order chi connectivity index (χ1) is 14.1. The summed E-state index contributed by atoms with van der Waals surface area (Å²) in [6.45, 7) is 6.73. The monoisotopic (exact) mass is 388 g/mol. The maximum atomic E-state index is 5.83. The average molecular weight is 388 g/mol. The number of aromatic nitrogens is 4. The molecule has 2 aromatic carbocycles. The molecule has 0 aliphatic rings. The Morgan fingerprint density at radius 2 is 1.79 bits per heavy atom. The van der Waals surface area contributed by atoms with Gasteiger partial charge < -0.3 is 9.26 Å². The predicted molar refractivity (Wildman–Crippen MR) is 111 cm³/mol. The Labute approximate surface area is 169 Å². The molecule has 0 unspecified atom stereocenters. The van der Waals surface area contributed by atoms with E-state index in [2.05, 4.69) is 27.3 Å². The van der Waals surface area contributed by atoms with E-state index in [0.717, 1.165) is 28.3 Å². The van der Waals surface area contributed by atoms with Crippen molar-refractivity contribution in [1.29, 1.82) is 0 Å². The molecule has 2 heterocycles. The van der Waals surface area contributed by atoms with Crippen LogP contribution in [0.2, 0.25) is 0 Å². The van der Waals surface area contributed by atoms with Gasteiger partial charge in [0.25, 0.3) is 0 Å².